The minimum absolute atomic E-state index is 0. The number of nitrogens with one attached hydrogen (secondary N) is 3. The van der Waals surface area contributed by atoms with Crippen LogP contribution in [0.5, 0.6) is 0 Å². The van der Waals surface area contributed by atoms with Crippen molar-refractivity contribution < 1.29 is 9.18 Å². The third-order valence-corrected chi connectivity index (χ3v) is 4.78. The summed E-state index contributed by atoms with van der Waals surface area (Å²) in [5.74, 6) is 0.521. The van der Waals surface area contributed by atoms with Gasteiger partial charge in [0.1, 0.15) is 5.82 Å². The first-order chi connectivity index (χ1) is 12.0. The maximum absolute atomic E-state index is 14.0. The number of rotatable bonds is 8. The second-order valence-electron chi connectivity index (χ2n) is 6.74. The van der Waals surface area contributed by atoms with E-state index in [0.717, 1.165) is 24.8 Å². The first-order valence-corrected chi connectivity index (χ1v) is 8.99. The number of hydrogen-bond donors (Lipinski definition) is 3. The van der Waals surface area contributed by atoms with Crippen molar-refractivity contribution in [3.05, 3.63) is 35.6 Å². The number of halogens is 2. The van der Waals surface area contributed by atoms with E-state index in [2.05, 4.69) is 20.9 Å². The van der Waals surface area contributed by atoms with Crippen LogP contribution in [0.3, 0.4) is 0 Å². The van der Waals surface area contributed by atoms with Crippen molar-refractivity contribution in [3.63, 3.8) is 0 Å². The smallest absolute Gasteiger partial charge is 0.221 e. The summed E-state index contributed by atoms with van der Waals surface area (Å²) in [7, 11) is 1.69. The third-order valence-electron chi connectivity index (χ3n) is 4.78. The van der Waals surface area contributed by atoms with E-state index in [1.165, 1.54) is 6.07 Å². The lowest BCUT2D eigenvalue weighted by Crippen LogP contribution is -2.43. The molecule has 1 saturated carbocycles. The summed E-state index contributed by atoms with van der Waals surface area (Å²) in [6.45, 7) is 5.17. The molecular weight excluding hydrogens is 446 g/mol. The number of hydrogen-bond acceptors (Lipinski definition) is 2. The molecule has 0 spiro atoms. The van der Waals surface area contributed by atoms with E-state index in [1.54, 1.807) is 13.1 Å². The predicted molar refractivity (Wildman–Crippen MR) is 115 cm³/mol. The Labute approximate surface area is 172 Å². The highest BCUT2D eigenvalue weighted by atomic mass is 127. The van der Waals surface area contributed by atoms with Crippen LogP contribution in [0, 0.1) is 5.82 Å². The van der Waals surface area contributed by atoms with E-state index in [1.807, 2.05) is 26.0 Å². The average Bonchev–Trinajstić information content (AvgIpc) is 3.39. The van der Waals surface area contributed by atoms with Crippen molar-refractivity contribution in [1.29, 1.82) is 0 Å². The Balaban J connectivity index is 0.00000338. The summed E-state index contributed by atoms with van der Waals surface area (Å²) in [6, 6.07) is 7.16. The van der Waals surface area contributed by atoms with E-state index in [9.17, 15) is 9.18 Å². The standard InChI is InChI=1S/C19H29FN4O.HI/c1-4-14(2)24-17(25)9-12-22-18(21-3)23-13-19(10-11-19)15-7-5-6-8-16(15)20;/h5-8,14H,4,9-13H2,1-3H3,(H,24,25)(H2,21,22,23);1H. The topological polar surface area (TPSA) is 65.5 Å². The van der Waals surface area contributed by atoms with Gasteiger partial charge in [-0.1, -0.05) is 25.1 Å². The van der Waals surface area contributed by atoms with Gasteiger partial charge in [-0.15, -0.1) is 24.0 Å². The molecule has 2 rings (SSSR count). The van der Waals surface area contributed by atoms with Crippen LogP contribution in [-0.4, -0.2) is 38.0 Å². The number of benzene rings is 1. The maximum atomic E-state index is 14.0. The molecule has 26 heavy (non-hydrogen) atoms. The number of carbonyl (C=O) groups is 1. The summed E-state index contributed by atoms with van der Waals surface area (Å²) in [5.41, 5.74) is 0.627. The minimum atomic E-state index is -0.147. The van der Waals surface area contributed by atoms with Gasteiger partial charge in [0.2, 0.25) is 5.91 Å². The lowest BCUT2D eigenvalue weighted by atomic mass is 9.95. The molecule has 0 aromatic heterocycles. The van der Waals surface area contributed by atoms with Gasteiger partial charge in [0, 0.05) is 38.0 Å². The molecule has 3 N–H and O–H groups in total. The predicted octanol–water partition coefficient (Wildman–Crippen LogP) is 2.95. The minimum Gasteiger partial charge on any atom is -0.356 e. The molecule has 0 radical (unpaired) electrons. The maximum Gasteiger partial charge on any atom is 0.221 e. The van der Waals surface area contributed by atoms with Gasteiger partial charge in [-0.2, -0.15) is 0 Å². The van der Waals surface area contributed by atoms with E-state index in [-0.39, 0.29) is 47.2 Å². The fourth-order valence-electron chi connectivity index (χ4n) is 2.80. The molecule has 1 fully saturated rings. The quantitative estimate of drug-likeness (QED) is 0.307. The summed E-state index contributed by atoms with van der Waals surface area (Å²) in [6.07, 6.45) is 3.24. The van der Waals surface area contributed by atoms with E-state index < -0.39 is 0 Å². The van der Waals surface area contributed by atoms with E-state index >= 15 is 0 Å². The summed E-state index contributed by atoms with van der Waals surface area (Å²) in [4.78, 5) is 16.0. The highest BCUT2D eigenvalue weighted by molar-refractivity contribution is 14.0. The van der Waals surface area contributed by atoms with Gasteiger partial charge in [0.05, 0.1) is 0 Å². The highest BCUT2D eigenvalue weighted by Gasteiger charge is 2.45. The molecule has 5 nitrogen and oxygen atoms in total. The first-order valence-electron chi connectivity index (χ1n) is 8.99. The molecule has 0 saturated heterocycles. The van der Waals surface area contributed by atoms with Gasteiger partial charge in [0.25, 0.3) is 0 Å². The molecule has 1 aliphatic carbocycles. The Hall–Kier alpha value is -1.38. The molecule has 0 heterocycles. The number of amides is 1. The van der Waals surface area contributed by atoms with Crippen LogP contribution in [0.15, 0.2) is 29.3 Å². The Kier molecular flexibility index (Phi) is 9.32. The van der Waals surface area contributed by atoms with E-state index in [0.29, 0.717) is 25.5 Å². The lowest BCUT2D eigenvalue weighted by Gasteiger charge is -2.19. The fourth-order valence-corrected chi connectivity index (χ4v) is 2.80. The average molecular weight is 476 g/mol. The van der Waals surface area contributed by atoms with Crippen LogP contribution >= 0.6 is 24.0 Å². The van der Waals surface area contributed by atoms with Gasteiger partial charge in [-0.3, -0.25) is 9.79 Å². The van der Waals surface area contributed by atoms with Gasteiger partial charge >= 0.3 is 0 Å². The van der Waals surface area contributed by atoms with Crippen LogP contribution in [0.2, 0.25) is 0 Å². The van der Waals surface area contributed by atoms with Crippen molar-refractivity contribution in [2.75, 3.05) is 20.1 Å². The van der Waals surface area contributed by atoms with Gasteiger partial charge in [0.15, 0.2) is 5.96 Å². The Morgan fingerprint density at radius 1 is 1.31 bits per heavy atom. The second kappa shape index (κ2) is 10.7. The lowest BCUT2D eigenvalue weighted by molar-refractivity contribution is -0.121. The summed E-state index contributed by atoms with van der Waals surface area (Å²) < 4.78 is 14.0. The molecule has 0 bridgehead atoms. The monoisotopic (exact) mass is 476 g/mol. The van der Waals surface area contributed by atoms with Crippen LogP contribution in [-0.2, 0) is 10.2 Å². The molecule has 1 aromatic rings. The largest absolute Gasteiger partial charge is 0.356 e. The molecule has 1 unspecified atom stereocenters. The Morgan fingerprint density at radius 2 is 2.00 bits per heavy atom. The number of carbonyl (C=O) groups excluding carboxylic acids is 1. The van der Waals surface area contributed by atoms with Crippen molar-refractivity contribution in [1.82, 2.24) is 16.0 Å². The SMILES string of the molecule is CCC(C)NC(=O)CCNC(=NC)NCC1(c2ccccc2F)CC1.I. The van der Waals surface area contributed by atoms with Gasteiger partial charge in [-0.25, -0.2) is 4.39 Å². The summed E-state index contributed by atoms with van der Waals surface area (Å²) >= 11 is 0. The molecule has 146 valence electrons. The van der Waals surface area contributed by atoms with Crippen molar-refractivity contribution >= 4 is 35.8 Å². The zero-order chi connectivity index (χ0) is 18.3. The number of nitrogens with zero attached hydrogens (tertiary/aromatic N) is 1. The van der Waals surface area contributed by atoms with Crippen LogP contribution in [0.1, 0.15) is 45.1 Å². The molecule has 1 amide bonds. The fraction of sp³-hybridized carbons (Fsp3) is 0.579. The van der Waals surface area contributed by atoms with Crippen molar-refractivity contribution in [3.8, 4) is 0 Å². The second-order valence-corrected chi connectivity index (χ2v) is 6.74. The summed E-state index contributed by atoms with van der Waals surface area (Å²) in [5, 5.41) is 9.34. The number of guanidine groups is 1. The molecular formula is C19H30FIN4O. The van der Waals surface area contributed by atoms with Crippen LogP contribution in [0.25, 0.3) is 0 Å². The zero-order valence-corrected chi connectivity index (χ0v) is 18.1. The molecule has 0 aliphatic heterocycles. The zero-order valence-electron chi connectivity index (χ0n) is 15.8. The highest BCUT2D eigenvalue weighted by Crippen LogP contribution is 2.48. The molecule has 1 atom stereocenters. The van der Waals surface area contributed by atoms with Crippen LogP contribution < -0.4 is 16.0 Å². The Bertz CT molecular complexity index is 619. The molecule has 1 aromatic carbocycles. The van der Waals surface area contributed by atoms with Gasteiger partial charge < -0.3 is 16.0 Å². The first kappa shape index (κ1) is 22.7. The van der Waals surface area contributed by atoms with Crippen LogP contribution in [0.4, 0.5) is 4.39 Å². The Morgan fingerprint density at radius 3 is 2.58 bits per heavy atom. The van der Waals surface area contributed by atoms with Crippen molar-refractivity contribution in [2.24, 2.45) is 4.99 Å². The van der Waals surface area contributed by atoms with Crippen molar-refractivity contribution in [2.45, 2.75) is 51.0 Å². The number of aliphatic imine (C=N–C) groups is 1. The van der Waals surface area contributed by atoms with E-state index in [4.69, 9.17) is 0 Å². The third kappa shape index (κ3) is 6.41. The molecule has 7 heteroatoms. The normalized spacial score (nSPS) is 16.2. The molecule has 1 aliphatic rings. The van der Waals surface area contributed by atoms with Gasteiger partial charge in [-0.05, 0) is 37.8 Å².